The molecule has 0 fully saturated rings. The molecule has 2 aromatic heterocycles. The minimum atomic E-state index is -0.142. The number of aromatic nitrogens is 1. The van der Waals surface area contributed by atoms with Crippen LogP contribution in [0.4, 0.5) is 17.1 Å². The molecule has 302 valence electrons. The summed E-state index contributed by atoms with van der Waals surface area (Å²) in [6, 6.07) is 79.7. The number of furan rings is 1. The molecule has 0 N–H and O–H groups in total. The molecule has 0 amide bonds. The number of fused-ring (bicyclic) bond motifs is 10. The van der Waals surface area contributed by atoms with Crippen LogP contribution in [0, 0.1) is 0 Å². The first-order valence-corrected chi connectivity index (χ1v) is 22.2. The number of hydrogen-bond acceptors (Lipinski definition) is 2. The molecule has 0 aliphatic heterocycles. The van der Waals surface area contributed by atoms with Crippen LogP contribution in [0.2, 0.25) is 0 Å². The molecule has 0 bridgehead atoms. The Balaban J connectivity index is 0.984. The second-order valence-electron chi connectivity index (χ2n) is 17.7. The summed E-state index contributed by atoms with van der Waals surface area (Å²) in [4.78, 5) is 2.45. The zero-order valence-corrected chi connectivity index (χ0v) is 35.6. The normalized spacial score (nSPS) is 13.0. The molecule has 64 heavy (non-hydrogen) atoms. The van der Waals surface area contributed by atoms with E-state index in [1.807, 2.05) is 6.07 Å². The van der Waals surface area contributed by atoms with E-state index in [1.165, 1.54) is 66.0 Å². The molecule has 0 saturated heterocycles. The van der Waals surface area contributed by atoms with Crippen molar-refractivity contribution in [1.82, 2.24) is 4.57 Å². The predicted octanol–water partition coefficient (Wildman–Crippen LogP) is 16.9. The summed E-state index contributed by atoms with van der Waals surface area (Å²) in [7, 11) is 0. The fourth-order valence-electron chi connectivity index (χ4n) is 10.7. The van der Waals surface area contributed by atoms with Crippen molar-refractivity contribution in [3.63, 3.8) is 0 Å². The van der Waals surface area contributed by atoms with Gasteiger partial charge in [-0.1, -0.05) is 166 Å². The molecule has 1 aliphatic carbocycles. The monoisotopic (exact) mass is 818 g/mol. The highest BCUT2D eigenvalue weighted by atomic mass is 16.3. The Morgan fingerprint density at radius 3 is 1.88 bits per heavy atom. The van der Waals surface area contributed by atoms with E-state index in [9.17, 15) is 0 Å². The van der Waals surface area contributed by atoms with E-state index in [2.05, 4.69) is 236 Å². The van der Waals surface area contributed by atoms with Crippen molar-refractivity contribution in [1.29, 1.82) is 0 Å². The quantitative estimate of drug-likeness (QED) is 0.167. The molecule has 0 saturated carbocycles. The van der Waals surface area contributed by atoms with Crippen molar-refractivity contribution in [2.45, 2.75) is 19.3 Å². The summed E-state index contributed by atoms with van der Waals surface area (Å²) in [5, 5.41) is 7.15. The van der Waals surface area contributed by atoms with Gasteiger partial charge in [-0.25, -0.2) is 0 Å². The Hall–Kier alpha value is -8.14. The molecule has 0 atom stereocenters. The molecule has 3 heteroatoms. The van der Waals surface area contributed by atoms with Crippen LogP contribution < -0.4 is 4.90 Å². The molecule has 3 nitrogen and oxygen atoms in total. The number of benzene rings is 10. The van der Waals surface area contributed by atoms with Crippen LogP contribution in [-0.4, -0.2) is 4.57 Å². The molecule has 10 aromatic carbocycles. The fourth-order valence-corrected chi connectivity index (χ4v) is 10.7. The highest BCUT2D eigenvalue weighted by molar-refractivity contribution is 6.13. The van der Waals surface area contributed by atoms with Gasteiger partial charge in [0.25, 0.3) is 0 Å². The first-order valence-electron chi connectivity index (χ1n) is 22.2. The molecule has 12 aromatic rings. The number of para-hydroxylation sites is 4. The SMILES string of the molecule is CC1(C)c2ccccc2-c2ccc(N(c3ccc(-c4cccc5c4oc4ccccc45)cc3)c3ccc(-c4ccc5c(c4)c4ccccc4n5-c4ccccc4)c4ccccc34)cc21. The fraction of sp³-hybridized carbons (Fsp3) is 0.0492. The molecule has 0 radical (unpaired) electrons. The molecular weight excluding hydrogens is 777 g/mol. The van der Waals surface area contributed by atoms with Crippen LogP contribution in [0.3, 0.4) is 0 Å². The zero-order chi connectivity index (χ0) is 42.5. The zero-order valence-electron chi connectivity index (χ0n) is 35.6. The van der Waals surface area contributed by atoms with Gasteiger partial charge in [0.15, 0.2) is 0 Å². The van der Waals surface area contributed by atoms with Crippen molar-refractivity contribution < 1.29 is 4.42 Å². The van der Waals surface area contributed by atoms with E-state index in [4.69, 9.17) is 4.42 Å². The van der Waals surface area contributed by atoms with E-state index in [0.717, 1.165) is 55.8 Å². The van der Waals surface area contributed by atoms with E-state index >= 15 is 0 Å². The Bertz CT molecular complexity index is 3810. The average Bonchev–Trinajstić information content (AvgIpc) is 3.97. The Morgan fingerprint density at radius 1 is 0.391 bits per heavy atom. The highest BCUT2D eigenvalue weighted by Gasteiger charge is 2.36. The first kappa shape index (κ1) is 36.5. The lowest BCUT2D eigenvalue weighted by atomic mass is 9.82. The third kappa shape index (κ3) is 5.41. The van der Waals surface area contributed by atoms with Gasteiger partial charge in [-0.3, -0.25) is 0 Å². The molecular formula is C61H42N2O. The Morgan fingerprint density at radius 2 is 1.02 bits per heavy atom. The van der Waals surface area contributed by atoms with E-state index in [0.29, 0.717) is 0 Å². The summed E-state index contributed by atoms with van der Waals surface area (Å²) in [6.07, 6.45) is 0. The average molecular weight is 819 g/mol. The summed E-state index contributed by atoms with van der Waals surface area (Å²) in [6.45, 7) is 4.72. The van der Waals surface area contributed by atoms with Gasteiger partial charge in [0.2, 0.25) is 0 Å². The minimum Gasteiger partial charge on any atom is -0.455 e. The second-order valence-corrected chi connectivity index (χ2v) is 17.7. The van der Waals surface area contributed by atoms with Crippen molar-refractivity contribution in [3.8, 4) is 39.1 Å². The second kappa shape index (κ2) is 13.9. The van der Waals surface area contributed by atoms with Crippen LogP contribution in [0.15, 0.2) is 223 Å². The van der Waals surface area contributed by atoms with E-state index in [1.54, 1.807) is 0 Å². The molecule has 0 unspecified atom stereocenters. The van der Waals surface area contributed by atoms with Crippen LogP contribution in [0.5, 0.6) is 0 Å². The van der Waals surface area contributed by atoms with Crippen molar-refractivity contribution in [2.24, 2.45) is 0 Å². The molecule has 13 rings (SSSR count). The van der Waals surface area contributed by atoms with Crippen LogP contribution >= 0.6 is 0 Å². The number of nitrogens with zero attached hydrogens (tertiary/aromatic N) is 2. The summed E-state index contributed by atoms with van der Waals surface area (Å²) >= 11 is 0. The smallest absolute Gasteiger partial charge is 0.143 e. The maximum absolute atomic E-state index is 6.49. The highest BCUT2D eigenvalue weighted by Crippen LogP contribution is 2.52. The van der Waals surface area contributed by atoms with Gasteiger partial charge in [0.05, 0.1) is 16.7 Å². The van der Waals surface area contributed by atoms with Crippen LogP contribution in [0.1, 0.15) is 25.0 Å². The lowest BCUT2D eigenvalue weighted by molar-refractivity contribution is 0.660. The number of hydrogen-bond donors (Lipinski definition) is 0. The third-order valence-electron chi connectivity index (χ3n) is 13.8. The van der Waals surface area contributed by atoms with Crippen molar-refractivity contribution in [3.05, 3.63) is 230 Å². The lowest BCUT2D eigenvalue weighted by Gasteiger charge is -2.29. The van der Waals surface area contributed by atoms with Gasteiger partial charge < -0.3 is 13.9 Å². The van der Waals surface area contributed by atoms with Gasteiger partial charge in [-0.05, 0) is 111 Å². The molecule has 1 aliphatic rings. The molecule has 2 heterocycles. The van der Waals surface area contributed by atoms with Crippen molar-refractivity contribution >= 4 is 71.6 Å². The molecule has 0 spiro atoms. The van der Waals surface area contributed by atoms with Crippen molar-refractivity contribution in [2.75, 3.05) is 4.90 Å². The van der Waals surface area contributed by atoms with Gasteiger partial charge >= 0.3 is 0 Å². The standard InChI is InChI=1S/C61H42N2O/c1-61(2)54-24-11-8-18-47(54)48-33-32-43(38-55(48)61)62(42-30-27-39(28-31-42)45-22-14-23-52-51-21-10-13-26-59(51)64-60(45)52)57-36-34-44(46-17-6-7-19-49(46)57)40-29-35-58-53(37-40)50-20-9-12-25-56(50)63(58)41-15-4-3-5-16-41/h3-38H,1-2H3. The van der Waals surface area contributed by atoms with Gasteiger partial charge in [-0.15, -0.1) is 0 Å². The van der Waals surface area contributed by atoms with E-state index in [-0.39, 0.29) is 5.41 Å². The minimum absolute atomic E-state index is 0.142. The van der Waals surface area contributed by atoms with Gasteiger partial charge in [0, 0.05) is 55.0 Å². The topological polar surface area (TPSA) is 21.3 Å². The van der Waals surface area contributed by atoms with E-state index < -0.39 is 0 Å². The maximum Gasteiger partial charge on any atom is 0.143 e. The number of rotatable bonds is 6. The maximum atomic E-state index is 6.49. The lowest BCUT2D eigenvalue weighted by Crippen LogP contribution is -2.16. The van der Waals surface area contributed by atoms with Crippen LogP contribution in [0.25, 0.3) is 93.6 Å². The largest absolute Gasteiger partial charge is 0.455 e. The summed E-state index contributed by atoms with van der Waals surface area (Å²) in [5.41, 5.74) is 18.5. The summed E-state index contributed by atoms with van der Waals surface area (Å²) < 4.78 is 8.87. The van der Waals surface area contributed by atoms with Crippen LogP contribution in [-0.2, 0) is 5.41 Å². The first-order chi connectivity index (χ1) is 31.5. The van der Waals surface area contributed by atoms with Gasteiger partial charge in [0.1, 0.15) is 11.2 Å². The Labute approximate surface area is 371 Å². The Kier molecular flexibility index (Phi) is 7.95. The third-order valence-corrected chi connectivity index (χ3v) is 13.8. The number of anilines is 3. The van der Waals surface area contributed by atoms with Gasteiger partial charge in [-0.2, -0.15) is 0 Å². The summed E-state index contributed by atoms with van der Waals surface area (Å²) in [5.74, 6) is 0. The predicted molar refractivity (Wildman–Crippen MR) is 269 cm³/mol.